The van der Waals surface area contributed by atoms with Crippen molar-refractivity contribution in [2.24, 2.45) is 0 Å². The van der Waals surface area contributed by atoms with Crippen molar-refractivity contribution in [2.75, 3.05) is 4.90 Å². The standard InChI is InChI=1S/C40H25NOS/c1-3-9-26(10-4-1)27-15-17-31(18-16-27)41(30-13-5-2-6-14-30)32-19-20-34-38(25-32)43-37-22-21-33-35-23-28-11-7-8-12-29(28)24-36(35)42-40(33)39(34)37/h1-25H. The molecule has 2 aromatic heterocycles. The van der Waals surface area contributed by atoms with Crippen molar-refractivity contribution in [1.82, 2.24) is 0 Å². The van der Waals surface area contributed by atoms with Crippen molar-refractivity contribution in [3.63, 3.8) is 0 Å². The van der Waals surface area contributed by atoms with Gasteiger partial charge < -0.3 is 9.32 Å². The molecule has 2 heterocycles. The first-order valence-electron chi connectivity index (χ1n) is 14.5. The van der Waals surface area contributed by atoms with E-state index in [9.17, 15) is 0 Å². The lowest BCUT2D eigenvalue weighted by Gasteiger charge is -2.25. The van der Waals surface area contributed by atoms with E-state index >= 15 is 0 Å². The molecule has 0 aliphatic carbocycles. The Hall–Kier alpha value is -5.38. The molecule has 0 radical (unpaired) electrons. The van der Waals surface area contributed by atoms with Gasteiger partial charge in [0.1, 0.15) is 11.2 Å². The summed E-state index contributed by atoms with van der Waals surface area (Å²) in [4.78, 5) is 2.33. The molecule has 7 aromatic carbocycles. The number of hydrogen-bond acceptors (Lipinski definition) is 3. The molecule has 9 rings (SSSR count). The van der Waals surface area contributed by atoms with Crippen LogP contribution in [0.25, 0.3) is 64.0 Å². The van der Waals surface area contributed by atoms with E-state index in [0.29, 0.717) is 0 Å². The van der Waals surface area contributed by atoms with Gasteiger partial charge in [0.25, 0.3) is 0 Å². The highest BCUT2D eigenvalue weighted by atomic mass is 32.1. The van der Waals surface area contributed by atoms with Crippen LogP contribution in [-0.4, -0.2) is 0 Å². The lowest BCUT2D eigenvalue weighted by molar-refractivity contribution is 0.673. The van der Waals surface area contributed by atoms with Crippen molar-refractivity contribution in [3.05, 3.63) is 152 Å². The fourth-order valence-corrected chi connectivity index (χ4v) is 7.50. The van der Waals surface area contributed by atoms with Crippen LogP contribution in [0.4, 0.5) is 17.1 Å². The molecule has 0 saturated carbocycles. The Bertz CT molecular complexity index is 2440. The molecule has 2 nitrogen and oxygen atoms in total. The summed E-state index contributed by atoms with van der Waals surface area (Å²) in [6.45, 7) is 0. The van der Waals surface area contributed by atoms with Gasteiger partial charge in [0.15, 0.2) is 0 Å². The molecule has 0 fully saturated rings. The third-order valence-electron chi connectivity index (χ3n) is 8.43. The van der Waals surface area contributed by atoms with E-state index in [4.69, 9.17) is 4.42 Å². The van der Waals surface area contributed by atoms with E-state index in [0.717, 1.165) is 28.2 Å². The highest BCUT2D eigenvalue weighted by Crippen LogP contribution is 2.45. The molecule has 0 aliphatic rings. The number of hydrogen-bond donors (Lipinski definition) is 0. The number of rotatable bonds is 4. The van der Waals surface area contributed by atoms with Crippen LogP contribution in [0.15, 0.2) is 156 Å². The lowest BCUT2D eigenvalue weighted by Crippen LogP contribution is -2.09. The maximum absolute atomic E-state index is 6.60. The minimum atomic E-state index is 0.936. The van der Waals surface area contributed by atoms with Crippen LogP contribution >= 0.6 is 11.3 Å². The van der Waals surface area contributed by atoms with Crippen molar-refractivity contribution in [3.8, 4) is 11.1 Å². The van der Waals surface area contributed by atoms with Gasteiger partial charge in [-0.2, -0.15) is 0 Å². The van der Waals surface area contributed by atoms with Gasteiger partial charge in [-0.3, -0.25) is 0 Å². The predicted octanol–water partition coefficient (Wildman–Crippen LogP) is 12.2. The Kier molecular flexibility index (Phi) is 5.40. The topological polar surface area (TPSA) is 16.4 Å². The van der Waals surface area contributed by atoms with E-state index in [1.165, 1.54) is 52.8 Å². The monoisotopic (exact) mass is 567 g/mol. The number of anilines is 3. The van der Waals surface area contributed by atoms with Gasteiger partial charge in [0.2, 0.25) is 0 Å². The number of fused-ring (bicyclic) bond motifs is 8. The van der Waals surface area contributed by atoms with Gasteiger partial charge in [0, 0.05) is 48.0 Å². The average Bonchev–Trinajstić information content (AvgIpc) is 3.62. The third kappa shape index (κ3) is 3.93. The maximum Gasteiger partial charge on any atom is 0.144 e. The van der Waals surface area contributed by atoms with Crippen LogP contribution < -0.4 is 4.90 Å². The Balaban J connectivity index is 1.21. The van der Waals surface area contributed by atoms with Crippen LogP contribution in [-0.2, 0) is 0 Å². The van der Waals surface area contributed by atoms with E-state index in [2.05, 4.69) is 157 Å². The van der Waals surface area contributed by atoms with E-state index in [1.807, 2.05) is 11.3 Å². The third-order valence-corrected chi connectivity index (χ3v) is 9.55. The summed E-state index contributed by atoms with van der Waals surface area (Å²) in [6, 6.07) is 54.2. The molecule has 0 bridgehead atoms. The largest absolute Gasteiger partial charge is 0.455 e. The molecule has 0 atom stereocenters. The lowest BCUT2D eigenvalue weighted by atomic mass is 10.0. The molecule has 9 aromatic rings. The normalized spacial score (nSPS) is 11.7. The number of thiophene rings is 1. The Morgan fingerprint density at radius 3 is 1.86 bits per heavy atom. The molecule has 0 aliphatic heterocycles. The minimum absolute atomic E-state index is 0.936. The molecule has 3 heteroatoms. The van der Waals surface area contributed by atoms with Gasteiger partial charge in [0.05, 0.1) is 0 Å². The second kappa shape index (κ2) is 9.59. The number of para-hydroxylation sites is 1. The minimum Gasteiger partial charge on any atom is -0.455 e. The smallest absolute Gasteiger partial charge is 0.144 e. The molecule has 0 unspecified atom stereocenters. The van der Waals surface area contributed by atoms with Crippen LogP contribution in [0.5, 0.6) is 0 Å². The van der Waals surface area contributed by atoms with Crippen molar-refractivity contribution in [1.29, 1.82) is 0 Å². The van der Waals surface area contributed by atoms with Crippen molar-refractivity contribution < 1.29 is 4.42 Å². The second-order valence-electron chi connectivity index (χ2n) is 11.0. The van der Waals surface area contributed by atoms with Gasteiger partial charge in [-0.15, -0.1) is 11.3 Å². The molecular weight excluding hydrogens is 543 g/mol. The van der Waals surface area contributed by atoms with Crippen LogP contribution in [0, 0.1) is 0 Å². The SMILES string of the molecule is c1ccc(-c2ccc(N(c3ccccc3)c3ccc4c(c3)sc3ccc5c6cc7ccccc7cc6oc5c34)cc2)cc1. The van der Waals surface area contributed by atoms with Gasteiger partial charge in [-0.1, -0.05) is 91.0 Å². The Morgan fingerprint density at radius 1 is 0.442 bits per heavy atom. The van der Waals surface area contributed by atoms with Crippen LogP contribution in [0.2, 0.25) is 0 Å². The Morgan fingerprint density at radius 2 is 1.07 bits per heavy atom. The molecular formula is C40H25NOS. The number of benzene rings is 7. The Labute approximate surface area is 252 Å². The van der Waals surface area contributed by atoms with E-state index in [-0.39, 0.29) is 0 Å². The summed E-state index contributed by atoms with van der Waals surface area (Å²) in [7, 11) is 0. The molecule has 0 saturated heterocycles. The fourth-order valence-electron chi connectivity index (χ4n) is 6.36. The van der Waals surface area contributed by atoms with Gasteiger partial charge >= 0.3 is 0 Å². The molecule has 0 spiro atoms. The zero-order chi connectivity index (χ0) is 28.3. The van der Waals surface area contributed by atoms with E-state index in [1.54, 1.807) is 0 Å². The summed E-state index contributed by atoms with van der Waals surface area (Å²) < 4.78 is 9.08. The first-order chi connectivity index (χ1) is 21.3. The fraction of sp³-hybridized carbons (Fsp3) is 0. The summed E-state index contributed by atoms with van der Waals surface area (Å²) in [5, 5.41) is 7.19. The molecule has 0 N–H and O–H groups in total. The second-order valence-corrected chi connectivity index (χ2v) is 12.1. The maximum atomic E-state index is 6.60. The zero-order valence-electron chi connectivity index (χ0n) is 23.2. The van der Waals surface area contributed by atoms with Gasteiger partial charge in [-0.25, -0.2) is 0 Å². The van der Waals surface area contributed by atoms with Crippen LogP contribution in [0.1, 0.15) is 0 Å². The molecule has 0 amide bonds. The average molecular weight is 568 g/mol. The van der Waals surface area contributed by atoms with Gasteiger partial charge in [-0.05, 0) is 82.6 Å². The number of furan rings is 1. The number of nitrogens with zero attached hydrogens (tertiary/aromatic N) is 1. The zero-order valence-corrected chi connectivity index (χ0v) is 24.0. The van der Waals surface area contributed by atoms with E-state index < -0.39 is 0 Å². The first-order valence-corrected chi connectivity index (χ1v) is 15.3. The van der Waals surface area contributed by atoms with Crippen molar-refractivity contribution in [2.45, 2.75) is 0 Å². The predicted molar refractivity (Wildman–Crippen MR) is 184 cm³/mol. The highest BCUT2D eigenvalue weighted by molar-refractivity contribution is 7.26. The highest BCUT2D eigenvalue weighted by Gasteiger charge is 2.18. The van der Waals surface area contributed by atoms with Crippen molar-refractivity contribution >= 4 is 81.3 Å². The quantitative estimate of drug-likeness (QED) is 0.210. The first kappa shape index (κ1) is 24.2. The van der Waals surface area contributed by atoms with Crippen LogP contribution in [0.3, 0.4) is 0 Å². The summed E-state index contributed by atoms with van der Waals surface area (Å²) in [5.41, 5.74) is 7.71. The summed E-state index contributed by atoms with van der Waals surface area (Å²) >= 11 is 1.82. The summed E-state index contributed by atoms with van der Waals surface area (Å²) in [6.07, 6.45) is 0. The summed E-state index contributed by atoms with van der Waals surface area (Å²) in [5.74, 6) is 0. The molecule has 43 heavy (non-hydrogen) atoms. The molecule has 202 valence electrons.